The van der Waals surface area contributed by atoms with E-state index in [-0.39, 0.29) is 6.04 Å². The summed E-state index contributed by atoms with van der Waals surface area (Å²) < 4.78 is 8.82. The molecule has 1 aromatic carbocycles. The summed E-state index contributed by atoms with van der Waals surface area (Å²) in [6.45, 7) is 0.423. The van der Waals surface area contributed by atoms with Gasteiger partial charge < -0.3 is 24.8 Å². The van der Waals surface area contributed by atoms with Crippen LogP contribution >= 0.6 is 39.1 Å². The summed E-state index contributed by atoms with van der Waals surface area (Å²) in [4.78, 5) is 12.7. The van der Waals surface area contributed by atoms with Gasteiger partial charge in [0, 0.05) is 24.2 Å². The fourth-order valence-corrected chi connectivity index (χ4v) is 5.80. The Hall–Kier alpha value is -1.85. The highest BCUT2D eigenvalue weighted by atomic mass is 79.9. The highest BCUT2D eigenvalue weighted by molar-refractivity contribution is 9.10. The van der Waals surface area contributed by atoms with E-state index in [1.807, 2.05) is 18.2 Å². The Morgan fingerprint density at radius 3 is 2.88 bits per heavy atom. The Bertz CT molecular complexity index is 1420. The molecule has 11 heteroatoms. The van der Waals surface area contributed by atoms with Crippen LogP contribution in [0.15, 0.2) is 47.3 Å². The highest BCUT2D eigenvalue weighted by Gasteiger charge is 2.57. The summed E-state index contributed by atoms with van der Waals surface area (Å²) in [5, 5.41) is 27.8. The molecule has 0 radical (unpaired) electrons. The molecule has 3 N–H and O–H groups in total. The van der Waals surface area contributed by atoms with E-state index in [4.69, 9.17) is 27.9 Å². The molecular formula is C23H20BrCl2N5O3. The van der Waals surface area contributed by atoms with Crippen molar-refractivity contribution in [3.8, 4) is 0 Å². The molecule has 5 unspecified atom stereocenters. The van der Waals surface area contributed by atoms with E-state index in [2.05, 4.69) is 42.3 Å². The van der Waals surface area contributed by atoms with Crippen molar-refractivity contribution in [1.29, 1.82) is 0 Å². The van der Waals surface area contributed by atoms with E-state index >= 15 is 0 Å². The minimum Gasteiger partial charge on any atom is -0.387 e. The molecule has 3 aromatic heterocycles. The first-order chi connectivity index (χ1) is 16.3. The lowest BCUT2D eigenvalue weighted by Gasteiger charge is -2.26. The van der Waals surface area contributed by atoms with E-state index in [1.165, 1.54) is 6.33 Å². The van der Waals surface area contributed by atoms with Gasteiger partial charge in [0.1, 0.15) is 40.1 Å². The van der Waals surface area contributed by atoms with Gasteiger partial charge in [-0.05, 0) is 52.5 Å². The average Bonchev–Trinajstić information content (AvgIpc) is 3.49. The molecule has 0 aliphatic carbocycles. The maximum atomic E-state index is 11.0. The van der Waals surface area contributed by atoms with E-state index in [1.54, 1.807) is 16.8 Å². The van der Waals surface area contributed by atoms with Gasteiger partial charge in [-0.1, -0.05) is 35.3 Å². The minimum atomic E-state index is -1.12. The van der Waals surface area contributed by atoms with Crippen molar-refractivity contribution in [3.05, 3.63) is 63.2 Å². The van der Waals surface area contributed by atoms with Gasteiger partial charge in [-0.3, -0.25) is 0 Å². The molecule has 0 bridgehead atoms. The van der Waals surface area contributed by atoms with Crippen LogP contribution < -0.4 is 5.32 Å². The number of nitrogens with one attached hydrogen (secondary N) is 1. The van der Waals surface area contributed by atoms with Crippen molar-refractivity contribution in [3.63, 3.8) is 0 Å². The molecule has 1 spiro atoms. The second-order valence-electron chi connectivity index (χ2n) is 8.91. The van der Waals surface area contributed by atoms with Gasteiger partial charge in [0.05, 0.1) is 15.4 Å². The third-order valence-corrected chi connectivity index (χ3v) is 8.22. The zero-order valence-electron chi connectivity index (χ0n) is 17.7. The first-order valence-corrected chi connectivity index (χ1v) is 12.4. The second-order valence-corrected chi connectivity index (χ2v) is 10.5. The fourth-order valence-electron chi connectivity index (χ4n) is 5.13. The number of pyridine rings is 1. The molecule has 0 amide bonds. The van der Waals surface area contributed by atoms with Crippen molar-refractivity contribution >= 4 is 61.1 Å². The van der Waals surface area contributed by atoms with Crippen molar-refractivity contribution in [2.45, 2.75) is 42.9 Å². The first-order valence-electron chi connectivity index (χ1n) is 10.8. The molecule has 0 saturated carbocycles. The number of rotatable bonds is 3. The van der Waals surface area contributed by atoms with E-state index in [0.29, 0.717) is 34.3 Å². The molecule has 8 nitrogen and oxygen atoms in total. The van der Waals surface area contributed by atoms with Crippen LogP contribution in [0.1, 0.15) is 18.2 Å². The molecule has 2 saturated heterocycles. The van der Waals surface area contributed by atoms with Crippen molar-refractivity contribution < 1.29 is 14.9 Å². The van der Waals surface area contributed by atoms with Gasteiger partial charge in [0.15, 0.2) is 6.23 Å². The van der Waals surface area contributed by atoms with E-state index < -0.39 is 24.0 Å². The molecule has 5 heterocycles. The molecule has 176 valence electrons. The van der Waals surface area contributed by atoms with Crippen molar-refractivity contribution in [2.24, 2.45) is 0 Å². The summed E-state index contributed by atoms with van der Waals surface area (Å²) in [5.41, 5.74) is 1.56. The lowest BCUT2D eigenvalue weighted by Crippen LogP contribution is -2.44. The number of ether oxygens (including phenoxy) is 1. The van der Waals surface area contributed by atoms with Gasteiger partial charge >= 0.3 is 0 Å². The van der Waals surface area contributed by atoms with Gasteiger partial charge in [-0.25, -0.2) is 15.0 Å². The Balaban J connectivity index is 1.23. The third-order valence-electron chi connectivity index (χ3n) is 6.80. The van der Waals surface area contributed by atoms with Crippen molar-refractivity contribution in [1.82, 2.24) is 24.8 Å². The third kappa shape index (κ3) is 3.62. The normalized spacial score (nSPS) is 29.1. The van der Waals surface area contributed by atoms with Crippen LogP contribution in [-0.4, -0.2) is 60.1 Å². The predicted octanol–water partition coefficient (Wildman–Crippen LogP) is 3.64. The molecule has 2 aliphatic rings. The fraction of sp³-hybridized carbons (Fsp3) is 0.348. The number of hydrogen-bond acceptors (Lipinski definition) is 7. The predicted molar refractivity (Wildman–Crippen MR) is 132 cm³/mol. The zero-order valence-corrected chi connectivity index (χ0v) is 20.8. The zero-order chi connectivity index (χ0) is 23.6. The summed E-state index contributed by atoms with van der Waals surface area (Å²) in [5.74, 6) is 0. The first kappa shape index (κ1) is 22.6. The van der Waals surface area contributed by atoms with Gasteiger partial charge in [0.25, 0.3) is 0 Å². The number of aromatic nitrogens is 4. The number of fused-ring (bicyclic) bond motifs is 2. The molecule has 2 fully saturated rings. The van der Waals surface area contributed by atoms with Crippen LogP contribution in [0.4, 0.5) is 0 Å². The van der Waals surface area contributed by atoms with Gasteiger partial charge in [0.2, 0.25) is 0 Å². The number of hydrogen-bond donors (Lipinski definition) is 3. The quantitative estimate of drug-likeness (QED) is 0.258. The van der Waals surface area contributed by atoms with Crippen molar-refractivity contribution in [2.75, 3.05) is 6.54 Å². The number of nitrogens with zero attached hydrogens (tertiary/aromatic N) is 4. The maximum absolute atomic E-state index is 11.0. The highest BCUT2D eigenvalue weighted by Crippen LogP contribution is 2.43. The Labute approximate surface area is 213 Å². The molecule has 34 heavy (non-hydrogen) atoms. The van der Waals surface area contributed by atoms with Crippen LogP contribution in [0.3, 0.4) is 0 Å². The van der Waals surface area contributed by atoms with Crippen LogP contribution in [0.5, 0.6) is 0 Å². The summed E-state index contributed by atoms with van der Waals surface area (Å²) in [6.07, 6.45) is 1.42. The van der Waals surface area contributed by atoms with Crippen LogP contribution in [0.25, 0.3) is 21.9 Å². The molecule has 6 rings (SSSR count). The second kappa shape index (κ2) is 8.37. The standard InChI is InChI=1S/C23H20BrCl2N5O3/c24-15-7-12-2-1-11(6-16(12)30-20(15)26)5-13-8-23(9-27-13)18(33)17(32)22(34-23)31-4-3-14-19(25)28-10-29-21(14)31/h1-4,6-7,10,13,17-18,22,27,32-33H,5,8-9H2. The summed E-state index contributed by atoms with van der Waals surface area (Å²) >= 11 is 15.7. The number of aliphatic hydroxyl groups is 2. The molecule has 5 atom stereocenters. The minimum absolute atomic E-state index is 0.0575. The smallest absolute Gasteiger partial charge is 0.164 e. The summed E-state index contributed by atoms with van der Waals surface area (Å²) in [7, 11) is 0. The van der Waals surface area contributed by atoms with Crippen LogP contribution in [0, 0.1) is 0 Å². The Morgan fingerprint density at radius 2 is 2.03 bits per heavy atom. The topological polar surface area (TPSA) is 105 Å². The summed E-state index contributed by atoms with van der Waals surface area (Å²) in [6, 6.07) is 9.90. The van der Waals surface area contributed by atoms with E-state index in [0.717, 1.165) is 27.4 Å². The number of benzene rings is 1. The van der Waals surface area contributed by atoms with Gasteiger partial charge in [-0.2, -0.15) is 0 Å². The van der Waals surface area contributed by atoms with Gasteiger partial charge in [-0.15, -0.1) is 0 Å². The Morgan fingerprint density at radius 1 is 1.18 bits per heavy atom. The molecule has 2 aliphatic heterocycles. The molecular weight excluding hydrogens is 545 g/mol. The van der Waals surface area contributed by atoms with E-state index in [9.17, 15) is 10.2 Å². The lowest BCUT2D eigenvalue weighted by atomic mass is 9.90. The maximum Gasteiger partial charge on any atom is 0.164 e. The Kier molecular flexibility index (Phi) is 5.57. The lowest BCUT2D eigenvalue weighted by molar-refractivity contribution is -0.0911. The monoisotopic (exact) mass is 563 g/mol. The SMILES string of the molecule is OC1C(n2ccc3c(Cl)ncnc32)OC2(CNC(Cc3ccc4cc(Br)c(Cl)nc4c3)C2)C1O. The van der Waals surface area contributed by atoms with Crippen LogP contribution in [0.2, 0.25) is 10.3 Å². The number of halogens is 3. The average molecular weight is 565 g/mol. The van der Waals surface area contributed by atoms with Crippen LogP contribution in [-0.2, 0) is 11.2 Å². The largest absolute Gasteiger partial charge is 0.387 e. The number of aliphatic hydroxyl groups excluding tert-OH is 2. The molecule has 4 aromatic rings.